The van der Waals surface area contributed by atoms with Gasteiger partial charge in [0, 0.05) is 53.6 Å². The topological polar surface area (TPSA) is 8.17 Å². The summed E-state index contributed by atoms with van der Waals surface area (Å²) in [6, 6.07) is 60.4. The van der Waals surface area contributed by atoms with Gasteiger partial charge in [0.15, 0.2) is 0 Å². The van der Waals surface area contributed by atoms with E-state index in [9.17, 15) is 0 Å². The second kappa shape index (κ2) is 13.4. The van der Waals surface area contributed by atoms with Crippen molar-refractivity contribution in [2.24, 2.45) is 35.5 Å². The van der Waals surface area contributed by atoms with Gasteiger partial charge in [-0.15, -0.1) is 11.3 Å². The summed E-state index contributed by atoms with van der Waals surface area (Å²) in [4.78, 5) is 2.81. The Kier molecular flexibility index (Phi) is 7.42. The van der Waals surface area contributed by atoms with E-state index < -0.39 is 0 Å². The molecule has 20 rings (SSSR count). The van der Waals surface area contributed by atoms with Gasteiger partial charge in [0.2, 0.25) is 0 Å². The average Bonchev–Trinajstić information content (AvgIpc) is 3.91. The Bertz CT molecular complexity index is 3860. The Morgan fingerprint density at radius 1 is 0.457 bits per heavy atom. The SMILES string of the molecule is c1ccc(-c2ccc(N3B4c5c(cc6ccccc6c5-c5cc6c(cc53)sc3ccccc36)-n3c5ccc(C67CC8CC(CC(C8)C6)C7)cc5c5cc(C67CC8CC(CC(C8)C6)C7)cc4c53)cc2)cc1. The molecular formula is C66H55BN2S. The summed E-state index contributed by atoms with van der Waals surface area (Å²) in [6.45, 7) is -0.00712. The van der Waals surface area contributed by atoms with Crippen LogP contribution in [0.3, 0.4) is 0 Å². The molecule has 8 bridgehead atoms. The summed E-state index contributed by atoms with van der Waals surface area (Å²) in [5, 5.41) is 8.42. The zero-order valence-electron chi connectivity index (χ0n) is 39.8. The zero-order valence-corrected chi connectivity index (χ0v) is 40.6. The van der Waals surface area contributed by atoms with Gasteiger partial charge in [-0.1, -0.05) is 97.1 Å². The maximum Gasteiger partial charge on any atom is 0.333 e. The molecular weight excluding hydrogens is 864 g/mol. The first-order chi connectivity index (χ1) is 34.5. The van der Waals surface area contributed by atoms with Crippen LogP contribution >= 0.6 is 11.3 Å². The third-order valence-electron chi connectivity index (χ3n) is 20.6. The number of nitrogens with zero attached hydrogens (tertiary/aromatic N) is 2. The van der Waals surface area contributed by atoms with Crippen LogP contribution in [0.5, 0.6) is 0 Å². The van der Waals surface area contributed by atoms with E-state index in [1.54, 1.807) is 11.1 Å². The van der Waals surface area contributed by atoms with Crippen molar-refractivity contribution in [3.05, 3.63) is 163 Å². The molecule has 10 aliphatic rings. The molecule has 4 heteroatoms. The largest absolute Gasteiger partial charge is 0.376 e. The second-order valence-corrected chi connectivity index (χ2v) is 25.6. The lowest BCUT2D eigenvalue weighted by Gasteiger charge is -2.57. The Balaban J connectivity index is 0.967. The van der Waals surface area contributed by atoms with Gasteiger partial charge in [-0.3, -0.25) is 0 Å². The molecule has 8 saturated carbocycles. The monoisotopic (exact) mass is 918 g/mol. The Morgan fingerprint density at radius 3 is 1.79 bits per heavy atom. The van der Waals surface area contributed by atoms with Crippen molar-refractivity contribution in [1.82, 2.24) is 4.57 Å². The highest BCUT2D eigenvalue weighted by atomic mass is 32.1. The van der Waals surface area contributed by atoms with Gasteiger partial charge in [0.05, 0.1) is 11.0 Å². The van der Waals surface area contributed by atoms with Crippen LogP contribution in [0.2, 0.25) is 0 Å². The molecule has 70 heavy (non-hydrogen) atoms. The van der Waals surface area contributed by atoms with Crippen molar-refractivity contribution in [1.29, 1.82) is 0 Å². The summed E-state index contributed by atoms with van der Waals surface area (Å²) in [5.74, 6) is 5.40. The van der Waals surface area contributed by atoms with Crippen molar-refractivity contribution in [2.45, 2.75) is 87.9 Å². The lowest BCUT2D eigenvalue weighted by atomic mass is 9.42. The maximum absolute atomic E-state index is 2.83. The van der Waals surface area contributed by atoms with E-state index in [1.807, 2.05) is 11.3 Å². The van der Waals surface area contributed by atoms with Crippen LogP contribution in [-0.2, 0) is 10.8 Å². The van der Waals surface area contributed by atoms with Crippen molar-refractivity contribution in [3.8, 4) is 27.9 Å². The molecule has 4 heterocycles. The smallest absolute Gasteiger partial charge is 0.333 e. The molecule has 0 unspecified atom stereocenters. The summed E-state index contributed by atoms with van der Waals surface area (Å²) in [5.41, 5.74) is 19.0. The molecule has 0 spiro atoms. The van der Waals surface area contributed by atoms with E-state index in [1.165, 1.54) is 180 Å². The van der Waals surface area contributed by atoms with Gasteiger partial charge in [0.1, 0.15) is 0 Å². The van der Waals surface area contributed by atoms with E-state index in [2.05, 4.69) is 161 Å². The fraction of sp³-hybridized carbons (Fsp3) is 0.303. The molecule has 8 aliphatic carbocycles. The third-order valence-corrected chi connectivity index (χ3v) is 21.7. The summed E-state index contributed by atoms with van der Waals surface area (Å²) >= 11 is 1.95. The molecule has 0 amide bonds. The predicted octanol–water partition coefficient (Wildman–Crippen LogP) is 16.1. The van der Waals surface area contributed by atoms with Crippen LogP contribution in [0.1, 0.15) is 88.2 Å². The third kappa shape index (κ3) is 5.07. The Hall–Kier alpha value is -6.10. The van der Waals surface area contributed by atoms with Crippen LogP contribution in [0, 0.1) is 35.5 Å². The lowest BCUT2D eigenvalue weighted by Crippen LogP contribution is -2.61. The molecule has 8 aromatic carbocycles. The summed E-state index contributed by atoms with van der Waals surface area (Å²) in [6.07, 6.45) is 17.1. The number of rotatable bonds is 4. The molecule has 2 nitrogen and oxygen atoms in total. The van der Waals surface area contributed by atoms with Crippen LogP contribution < -0.4 is 15.7 Å². The number of thiophene rings is 1. The van der Waals surface area contributed by atoms with Crippen LogP contribution in [-0.4, -0.2) is 11.4 Å². The zero-order chi connectivity index (χ0) is 45.2. The van der Waals surface area contributed by atoms with Crippen LogP contribution in [0.4, 0.5) is 11.4 Å². The van der Waals surface area contributed by atoms with Gasteiger partial charge in [-0.25, -0.2) is 0 Å². The van der Waals surface area contributed by atoms with Gasteiger partial charge in [-0.05, 0) is 227 Å². The fourth-order valence-corrected chi connectivity index (χ4v) is 19.9. The quantitative estimate of drug-likeness (QED) is 0.160. The van der Waals surface area contributed by atoms with Gasteiger partial charge >= 0.3 is 6.85 Å². The Labute approximate surface area is 414 Å². The molecule has 0 atom stereocenters. The minimum atomic E-state index is -0.00712. The molecule has 8 fully saturated rings. The molecule has 2 aromatic heterocycles. The van der Waals surface area contributed by atoms with Crippen molar-refractivity contribution < 1.29 is 0 Å². The van der Waals surface area contributed by atoms with Crippen LogP contribution in [0.25, 0.3) is 80.7 Å². The summed E-state index contributed by atoms with van der Waals surface area (Å²) in [7, 11) is 0. The molecule has 0 N–H and O–H groups in total. The van der Waals surface area contributed by atoms with E-state index in [0.717, 1.165) is 35.5 Å². The molecule has 0 radical (unpaired) electrons. The first kappa shape index (κ1) is 38.6. The second-order valence-electron chi connectivity index (χ2n) is 24.5. The first-order valence-electron chi connectivity index (χ1n) is 27.1. The highest BCUT2D eigenvalue weighted by Crippen LogP contribution is 2.63. The van der Waals surface area contributed by atoms with E-state index in [-0.39, 0.29) is 12.3 Å². The minimum absolute atomic E-state index is 0.00712. The van der Waals surface area contributed by atoms with E-state index >= 15 is 0 Å². The van der Waals surface area contributed by atoms with Crippen molar-refractivity contribution in [3.63, 3.8) is 0 Å². The van der Waals surface area contributed by atoms with Gasteiger partial charge in [0.25, 0.3) is 0 Å². The number of benzene rings is 8. The van der Waals surface area contributed by atoms with E-state index in [0.29, 0.717) is 5.41 Å². The highest BCUT2D eigenvalue weighted by Gasteiger charge is 2.54. The number of hydrogen-bond donors (Lipinski definition) is 0. The molecule has 338 valence electrons. The molecule has 10 aromatic rings. The summed E-state index contributed by atoms with van der Waals surface area (Å²) < 4.78 is 5.51. The standard InChI is InChI=1S/C66H55BN2S/c1-2-8-44(9-3-1)45-14-17-49(18-15-45)69-58-31-61-53(51-12-6-7-13-60(51)70-61)30-55(58)62-50-11-5-4-10-46(50)26-59-63(62)67(69)56-29-48(66-35-41-23-42(36-66)25-43(24-41)37-66)28-54-52-27-47(16-19-57(52)68(59)64(54)56)65-32-38-20-39(33-65)22-40(21-38)34-65/h1-19,26-31,38-43H,20-25,32-37H2. The highest BCUT2D eigenvalue weighted by molar-refractivity contribution is 7.25. The molecule has 2 aliphatic heterocycles. The number of hydrogen-bond acceptors (Lipinski definition) is 2. The minimum Gasteiger partial charge on any atom is -0.376 e. The van der Waals surface area contributed by atoms with E-state index in [4.69, 9.17) is 0 Å². The average molecular weight is 919 g/mol. The number of fused-ring (bicyclic) bond motifs is 12. The van der Waals surface area contributed by atoms with Gasteiger partial charge < -0.3 is 9.38 Å². The lowest BCUT2D eigenvalue weighted by molar-refractivity contribution is -0.00526. The fourth-order valence-electron chi connectivity index (χ4n) is 18.8. The van der Waals surface area contributed by atoms with Crippen LogP contribution in [0.15, 0.2) is 152 Å². The number of aromatic nitrogens is 1. The Morgan fingerprint density at radius 2 is 1.07 bits per heavy atom. The predicted molar refractivity (Wildman–Crippen MR) is 295 cm³/mol. The molecule has 0 saturated heterocycles. The first-order valence-corrected chi connectivity index (χ1v) is 27.9. The van der Waals surface area contributed by atoms with Crippen molar-refractivity contribution in [2.75, 3.05) is 4.81 Å². The number of anilines is 2. The van der Waals surface area contributed by atoms with Gasteiger partial charge in [-0.2, -0.15) is 0 Å². The maximum atomic E-state index is 2.83. The van der Waals surface area contributed by atoms with Crippen molar-refractivity contribution >= 4 is 93.2 Å². The normalized spacial score (nSPS) is 28.5.